The minimum Gasteiger partial charge on any atom is -0.422 e. The van der Waals surface area contributed by atoms with Gasteiger partial charge in [-0.2, -0.15) is 5.10 Å². The van der Waals surface area contributed by atoms with E-state index in [0.717, 1.165) is 10.1 Å². The number of esters is 1. The number of halogens is 2. The number of thiophene rings is 1. The van der Waals surface area contributed by atoms with Gasteiger partial charge in [0.15, 0.2) is 0 Å². The largest absolute Gasteiger partial charge is 0.422 e. The van der Waals surface area contributed by atoms with Gasteiger partial charge in [-0.05, 0) is 60.2 Å². The monoisotopic (exact) mass is 511 g/mol. The molecule has 0 unspecified atom stereocenters. The molecule has 2 amide bonds. The molecular formula is C24H15Cl2N3O4S. The van der Waals surface area contributed by atoms with Gasteiger partial charge in [0.05, 0.1) is 11.2 Å². The molecule has 1 heterocycles. The van der Waals surface area contributed by atoms with Gasteiger partial charge in [-0.15, -0.1) is 11.3 Å². The number of rotatable bonds is 5. The van der Waals surface area contributed by atoms with Crippen LogP contribution in [0.25, 0.3) is 10.1 Å². The second-order valence-electron chi connectivity index (χ2n) is 6.86. The average molecular weight is 512 g/mol. The molecule has 0 aliphatic rings. The Bertz CT molecular complexity index is 1400. The summed E-state index contributed by atoms with van der Waals surface area (Å²) in [6, 6.07) is 20.2. The molecule has 0 aliphatic carbocycles. The minimum atomic E-state index is -0.933. The number of amides is 2. The van der Waals surface area contributed by atoms with Crippen LogP contribution < -0.4 is 15.5 Å². The number of fused-ring (bicyclic) bond motifs is 1. The maximum atomic E-state index is 12.5. The summed E-state index contributed by atoms with van der Waals surface area (Å²) in [4.78, 5) is 36.6. The number of hydrogen-bond acceptors (Lipinski definition) is 6. The molecular weight excluding hydrogens is 497 g/mol. The summed E-state index contributed by atoms with van der Waals surface area (Å²) in [6.45, 7) is 0. The van der Waals surface area contributed by atoms with E-state index in [1.165, 1.54) is 17.6 Å². The van der Waals surface area contributed by atoms with Crippen LogP contribution in [-0.2, 0) is 9.59 Å². The van der Waals surface area contributed by atoms with Crippen LogP contribution in [0, 0.1) is 0 Å². The molecule has 4 aromatic rings. The summed E-state index contributed by atoms with van der Waals surface area (Å²) in [5, 5.41) is 7.87. The Morgan fingerprint density at radius 1 is 0.882 bits per heavy atom. The zero-order chi connectivity index (χ0) is 24.1. The fourth-order valence-corrected chi connectivity index (χ4v) is 4.37. The number of nitrogens with zero attached hydrogens (tertiary/aromatic N) is 1. The fraction of sp³-hybridized carbons (Fsp3) is 0. The summed E-state index contributed by atoms with van der Waals surface area (Å²) in [7, 11) is 0. The van der Waals surface area contributed by atoms with Crippen molar-refractivity contribution in [1.82, 2.24) is 5.43 Å². The molecule has 7 nitrogen and oxygen atoms in total. The van der Waals surface area contributed by atoms with E-state index >= 15 is 0 Å². The highest BCUT2D eigenvalue weighted by Crippen LogP contribution is 2.35. The van der Waals surface area contributed by atoms with Crippen LogP contribution in [0.3, 0.4) is 0 Å². The van der Waals surface area contributed by atoms with Gasteiger partial charge in [-0.25, -0.2) is 10.2 Å². The molecule has 0 aliphatic heterocycles. The summed E-state index contributed by atoms with van der Waals surface area (Å²) in [5.74, 6) is -2.03. The van der Waals surface area contributed by atoms with Crippen LogP contribution in [0.15, 0.2) is 77.9 Å². The first-order valence-corrected chi connectivity index (χ1v) is 11.4. The number of hydrogen-bond donors (Lipinski definition) is 2. The molecule has 0 atom stereocenters. The summed E-state index contributed by atoms with van der Waals surface area (Å²) in [5.41, 5.74) is 3.18. The molecule has 0 radical (unpaired) electrons. The Kier molecular flexibility index (Phi) is 7.22. The third-order valence-electron chi connectivity index (χ3n) is 4.50. The number of nitrogens with one attached hydrogen (secondary N) is 2. The molecule has 34 heavy (non-hydrogen) atoms. The van der Waals surface area contributed by atoms with E-state index in [1.54, 1.807) is 48.5 Å². The molecule has 0 spiro atoms. The van der Waals surface area contributed by atoms with Crippen LogP contribution in [0.5, 0.6) is 5.75 Å². The van der Waals surface area contributed by atoms with Gasteiger partial charge in [0, 0.05) is 20.8 Å². The van der Waals surface area contributed by atoms with E-state index in [1.807, 2.05) is 24.3 Å². The van der Waals surface area contributed by atoms with Crippen LogP contribution in [0.1, 0.15) is 15.2 Å². The van der Waals surface area contributed by atoms with Gasteiger partial charge < -0.3 is 10.1 Å². The summed E-state index contributed by atoms with van der Waals surface area (Å²) < 4.78 is 6.31. The first-order valence-electron chi connectivity index (χ1n) is 9.80. The lowest BCUT2D eigenvalue weighted by Crippen LogP contribution is -2.32. The van der Waals surface area contributed by atoms with Crippen molar-refractivity contribution in [3.63, 3.8) is 0 Å². The maximum Gasteiger partial charge on any atom is 0.355 e. The van der Waals surface area contributed by atoms with Gasteiger partial charge >= 0.3 is 17.8 Å². The molecule has 2 N–H and O–H groups in total. The Labute approximate surface area is 207 Å². The molecule has 10 heteroatoms. The van der Waals surface area contributed by atoms with Crippen LogP contribution in [0.2, 0.25) is 10.0 Å². The number of carbonyl (C=O) groups excluding carboxylic acids is 3. The lowest BCUT2D eigenvalue weighted by molar-refractivity contribution is -0.136. The maximum absolute atomic E-state index is 12.5. The average Bonchev–Trinajstić information content (AvgIpc) is 3.18. The van der Waals surface area contributed by atoms with Crippen molar-refractivity contribution in [2.45, 2.75) is 0 Å². The van der Waals surface area contributed by atoms with Crippen LogP contribution >= 0.6 is 34.5 Å². The van der Waals surface area contributed by atoms with Crippen molar-refractivity contribution in [2.75, 3.05) is 5.32 Å². The fourth-order valence-electron chi connectivity index (χ4n) is 2.86. The zero-order valence-electron chi connectivity index (χ0n) is 17.2. The van der Waals surface area contributed by atoms with Gasteiger partial charge in [0.2, 0.25) is 0 Å². The highest BCUT2D eigenvalue weighted by molar-refractivity contribution is 7.21. The summed E-state index contributed by atoms with van der Waals surface area (Å²) >= 11 is 13.4. The number of ether oxygens (including phenoxy) is 1. The molecule has 0 saturated carbocycles. The molecule has 3 aromatic carbocycles. The van der Waals surface area contributed by atoms with Crippen molar-refractivity contribution >= 4 is 74.3 Å². The molecule has 170 valence electrons. The number of carbonyl (C=O) groups is 3. The Morgan fingerprint density at radius 2 is 1.59 bits per heavy atom. The molecule has 1 aromatic heterocycles. The zero-order valence-corrected chi connectivity index (χ0v) is 19.6. The third-order valence-corrected chi connectivity index (χ3v) is 6.41. The second-order valence-corrected chi connectivity index (χ2v) is 8.73. The number of benzene rings is 3. The smallest absolute Gasteiger partial charge is 0.355 e. The first-order chi connectivity index (χ1) is 16.4. The standard InChI is InChI=1S/C24H15Cl2N3O4S/c25-15-7-9-16(10-8-15)28-22(30)23(31)29-27-13-14-5-11-17(12-6-14)33-24(32)21-20(26)18-3-1-2-4-19(18)34-21/h1-13H,(H,28,30)(H,29,31)/b27-13-. The Balaban J connectivity index is 1.31. The normalized spacial score (nSPS) is 10.9. The second kappa shape index (κ2) is 10.5. The van der Waals surface area contributed by atoms with Crippen molar-refractivity contribution in [2.24, 2.45) is 5.10 Å². The van der Waals surface area contributed by atoms with Crippen molar-refractivity contribution in [3.05, 3.63) is 93.3 Å². The Morgan fingerprint density at radius 3 is 2.29 bits per heavy atom. The molecule has 0 saturated heterocycles. The molecule has 4 rings (SSSR count). The Hall–Kier alpha value is -3.72. The van der Waals surface area contributed by atoms with E-state index < -0.39 is 17.8 Å². The lowest BCUT2D eigenvalue weighted by atomic mass is 10.2. The summed E-state index contributed by atoms with van der Waals surface area (Å²) in [6.07, 6.45) is 1.35. The van der Waals surface area contributed by atoms with E-state index in [2.05, 4.69) is 15.8 Å². The predicted molar refractivity (Wildman–Crippen MR) is 134 cm³/mol. The number of anilines is 1. The quantitative estimate of drug-likeness (QED) is 0.121. The van der Waals surface area contributed by atoms with E-state index in [0.29, 0.717) is 31.9 Å². The highest BCUT2D eigenvalue weighted by Gasteiger charge is 2.19. The lowest BCUT2D eigenvalue weighted by Gasteiger charge is -2.04. The molecule has 0 bridgehead atoms. The van der Waals surface area contributed by atoms with E-state index in [4.69, 9.17) is 27.9 Å². The predicted octanol–water partition coefficient (Wildman–Crippen LogP) is 5.52. The SMILES string of the molecule is O=C(N/N=C\c1ccc(OC(=O)c2sc3ccccc3c2Cl)cc1)C(=O)Nc1ccc(Cl)cc1. The van der Waals surface area contributed by atoms with Crippen LogP contribution in [0.4, 0.5) is 5.69 Å². The van der Waals surface area contributed by atoms with Crippen molar-refractivity contribution in [1.29, 1.82) is 0 Å². The van der Waals surface area contributed by atoms with Crippen LogP contribution in [-0.4, -0.2) is 24.0 Å². The number of hydrazone groups is 1. The highest BCUT2D eigenvalue weighted by atomic mass is 35.5. The minimum absolute atomic E-state index is 0.321. The van der Waals surface area contributed by atoms with Crippen molar-refractivity contribution < 1.29 is 19.1 Å². The third kappa shape index (κ3) is 5.60. The first kappa shape index (κ1) is 23.4. The van der Waals surface area contributed by atoms with E-state index in [-0.39, 0.29) is 0 Å². The van der Waals surface area contributed by atoms with Crippen molar-refractivity contribution in [3.8, 4) is 5.75 Å². The van der Waals surface area contributed by atoms with Gasteiger partial charge in [-0.1, -0.05) is 41.4 Å². The van der Waals surface area contributed by atoms with Gasteiger partial charge in [0.25, 0.3) is 0 Å². The van der Waals surface area contributed by atoms with Gasteiger partial charge in [0.1, 0.15) is 10.6 Å². The van der Waals surface area contributed by atoms with E-state index in [9.17, 15) is 14.4 Å². The molecule has 0 fully saturated rings. The topological polar surface area (TPSA) is 96.9 Å². The van der Waals surface area contributed by atoms with Gasteiger partial charge in [-0.3, -0.25) is 9.59 Å².